The van der Waals surface area contributed by atoms with Crippen molar-refractivity contribution in [3.63, 3.8) is 0 Å². The van der Waals surface area contributed by atoms with Gasteiger partial charge in [-0.2, -0.15) is 0 Å². The minimum atomic E-state index is -1.10. The van der Waals surface area contributed by atoms with Crippen molar-refractivity contribution in [2.75, 3.05) is 11.5 Å². The lowest BCUT2D eigenvalue weighted by atomic mass is 10.2. The van der Waals surface area contributed by atoms with Crippen molar-refractivity contribution >= 4 is 23.6 Å². The lowest BCUT2D eigenvalue weighted by Crippen LogP contribution is -2.33. The molecule has 1 rings (SSSR count). The van der Waals surface area contributed by atoms with Crippen LogP contribution in [0.15, 0.2) is 24.3 Å². The molecule has 1 aromatic carbocycles. The Balaban J connectivity index is 2.25. The lowest BCUT2D eigenvalue weighted by molar-refractivity contribution is -0.138. The number of amides is 1. The number of carbonyl (C=O) groups is 2. The maximum Gasteiger partial charge on any atom is 0.321 e. The summed E-state index contributed by atoms with van der Waals surface area (Å²) in [6.07, 6.45) is 0. The van der Waals surface area contributed by atoms with Crippen molar-refractivity contribution in [1.82, 2.24) is 5.32 Å². The van der Waals surface area contributed by atoms with E-state index in [-0.39, 0.29) is 29.8 Å². The van der Waals surface area contributed by atoms with E-state index in [1.54, 1.807) is 18.2 Å². The van der Waals surface area contributed by atoms with Gasteiger partial charge in [-0.15, -0.1) is 11.8 Å². The van der Waals surface area contributed by atoms with E-state index in [0.29, 0.717) is 5.56 Å². The predicted octanol–water partition coefficient (Wildman–Crippen LogP) is 0.587. The Morgan fingerprint density at radius 2 is 2.11 bits per heavy atom. The van der Waals surface area contributed by atoms with E-state index in [1.807, 2.05) is 0 Å². The summed E-state index contributed by atoms with van der Waals surface area (Å²) in [4.78, 5) is 21.9. The predicted molar refractivity (Wildman–Crippen MR) is 71.2 cm³/mol. The molecule has 0 spiro atoms. The zero-order valence-electron chi connectivity index (χ0n) is 10.1. The van der Waals surface area contributed by atoms with Crippen molar-refractivity contribution < 1.29 is 19.1 Å². The summed E-state index contributed by atoms with van der Waals surface area (Å²) in [5, 5.41) is 11.1. The largest absolute Gasteiger partial charge is 0.480 e. The van der Waals surface area contributed by atoms with Crippen molar-refractivity contribution in [2.45, 2.75) is 12.6 Å². The first-order valence-corrected chi connectivity index (χ1v) is 6.72. The molecule has 0 heterocycles. The molecule has 0 aliphatic rings. The van der Waals surface area contributed by atoms with Gasteiger partial charge in [-0.05, 0) is 6.07 Å². The van der Waals surface area contributed by atoms with Crippen LogP contribution < -0.4 is 11.1 Å². The summed E-state index contributed by atoms with van der Waals surface area (Å²) in [5.41, 5.74) is 5.69. The molecule has 0 saturated heterocycles. The third-order valence-corrected chi connectivity index (χ3v) is 3.34. The third-order valence-electron chi connectivity index (χ3n) is 2.28. The molecule has 1 aromatic rings. The monoisotopic (exact) mass is 286 g/mol. The molecule has 1 atom stereocenters. The Labute approximate surface area is 114 Å². The molecule has 19 heavy (non-hydrogen) atoms. The Bertz CT molecular complexity index is 456. The number of benzene rings is 1. The molecule has 0 bridgehead atoms. The highest BCUT2D eigenvalue weighted by Gasteiger charge is 2.12. The topological polar surface area (TPSA) is 92.4 Å². The molecule has 0 aliphatic carbocycles. The molecular weight excluding hydrogens is 271 g/mol. The number of nitrogens with two attached hydrogens (primary N) is 1. The first-order chi connectivity index (χ1) is 9.00. The molecule has 0 fully saturated rings. The molecule has 4 N–H and O–H groups in total. The second-order valence-electron chi connectivity index (χ2n) is 3.83. The second kappa shape index (κ2) is 7.75. The van der Waals surface area contributed by atoms with Crippen LogP contribution in [0.1, 0.15) is 5.56 Å². The Morgan fingerprint density at radius 1 is 1.42 bits per heavy atom. The van der Waals surface area contributed by atoms with Gasteiger partial charge in [0.2, 0.25) is 5.91 Å². The first kappa shape index (κ1) is 15.5. The number of carbonyl (C=O) groups excluding carboxylic acids is 1. The van der Waals surface area contributed by atoms with Crippen LogP contribution in [-0.2, 0) is 16.1 Å². The number of carboxylic acids is 1. The van der Waals surface area contributed by atoms with Crippen LogP contribution in [0.25, 0.3) is 0 Å². The normalized spacial score (nSPS) is 11.9. The quantitative estimate of drug-likeness (QED) is 0.682. The molecule has 1 amide bonds. The van der Waals surface area contributed by atoms with Crippen molar-refractivity contribution in [3.8, 4) is 0 Å². The van der Waals surface area contributed by atoms with Gasteiger partial charge in [0.15, 0.2) is 0 Å². The van der Waals surface area contributed by atoms with Crippen LogP contribution in [-0.4, -0.2) is 34.5 Å². The van der Waals surface area contributed by atoms with Gasteiger partial charge in [0.05, 0.1) is 5.75 Å². The highest BCUT2D eigenvalue weighted by Crippen LogP contribution is 2.06. The third kappa shape index (κ3) is 5.71. The van der Waals surface area contributed by atoms with E-state index in [2.05, 4.69) is 5.32 Å². The number of hydrogen-bond acceptors (Lipinski definition) is 4. The van der Waals surface area contributed by atoms with Gasteiger partial charge in [-0.3, -0.25) is 9.59 Å². The number of halogens is 1. The van der Waals surface area contributed by atoms with E-state index in [4.69, 9.17) is 10.8 Å². The number of nitrogens with one attached hydrogen (secondary N) is 1. The number of rotatable bonds is 7. The molecule has 0 aromatic heterocycles. The Kier molecular flexibility index (Phi) is 6.31. The smallest absolute Gasteiger partial charge is 0.321 e. The number of carboxylic acid groups (broad SMARTS) is 1. The fourth-order valence-electron chi connectivity index (χ4n) is 1.24. The SMILES string of the molecule is N[C@H](CSCC(=O)NCc1ccccc1F)C(=O)O. The van der Waals surface area contributed by atoms with E-state index in [9.17, 15) is 14.0 Å². The van der Waals surface area contributed by atoms with E-state index in [1.165, 1.54) is 6.07 Å². The van der Waals surface area contributed by atoms with Crippen LogP contribution in [0.2, 0.25) is 0 Å². The van der Waals surface area contributed by atoms with Crippen molar-refractivity contribution in [3.05, 3.63) is 35.6 Å². The van der Waals surface area contributed by atoms with Crippen LogP contribution in [0, 0.1) is 5.82 Å². The molecular formula is C12H15FN2O3S. The number of aliphatic carboxylic acids is 1. The summed E-state index contributed by atoms with van der Waals surface area (Å²) in [6.45, 7) is 0.108. The van der Waals surface area contributed by atoms with E-state index >= 15 is 0 Å². The van der Waals surface area contributed by atoms with Gasteiger partial charge >= 0.3 is 5.97 Å². The maximum atomic E-state index is 13.2. The Morgan fingerprint density at radius 3 is 2.74 bits per heavy atom. The molecule has 0 unspecified atom stereocenters. The van der Waals surface area contributed by atoms with Gasteiger partial charge in [0.25, 0.3) is 0 Å². The van der Waals surface area contributed by atoms with Gasteiger partial charge in [-0.25, -0.2) is 4.39 Å². The lowest BCUT2D eigenvalue weighted by Gasteiger charge is -2.07. The molecule has 0 aliphatic heterocycles. The number of thioether (sulfide) groups is 1. The summed E-state index contributed by atoms with van der Waals surface area (Å²) >= 11 is 1.13. The standard InChI is InChI=1S/C12H15FN2O3S/c13-9-4-2-1-3-8(9)5-15-11(16)7-19-6-10(14)12(17)18/h1-4,10H,5-7,14H2,(H,15,16)(H,17,18)/t10-/m1/s1. The summed E-state index contributed by atoms with van der Waals surface area (Å²) in [6, 6.07) is 5.18. The average molecular weight is 286 g/mol. The minimum absolute atomic E-state index is 0.0927. The maximum absolute atomic E-state index is 13.2. The highest BCUT2D eigenvalue weighted by atomic mass is 32.2. The van der Waals surface area contributed by atoms with Crippen molar-refractivity contribution in [2.24, 2.45) is 5.73 Å². The molecule has 0 radical (unpaired) electrons. The van der Waals surface area contributed by atoms with Gasteiger partial charge in [0.1, 0.15) is 11.9 Å². The average Bonchev–Trinajstić information content (AvgIpc) is 2.37. The van der Waals surface area contributed by atoms with Crippen LogP contribution >= 0.6 is 11.8 Å². The summed E-state index contributed by atoms with van der Waals surface area (Å²) < 4.78 is 13.2. The van der Waals surface area contributed by atoms with E-state index < -0.39 is 12.0 Å². The fourth-order valence-corrected chi connectivity index (χ4v) is 2.04. The second-order valence-corrected chi connectivity index (χ2v) is 4.86. The number of hydrogen-bond donors (Lipinski definition) is 3. The van der Waals surface area contributed by atoms with Crippen LogP contribution in [0.4, 0.5) is 4.39 Å². The highest BCUT2D eigenvalue weighted by molar-refractivity contribution is 8.00. The molecule has 5 nitrogen and oxygen atoms in total. The zero-order valence-corrected chi connectivity index (χ0v) is 11.0. The first-order valence-electron chi connectivity index (χ1n) is 5.57. The molecule has 7 heteroatoms. The zero-order chi connectivity index (χ0) is 14.3. The summed E-state index contributed by atoms with van der Waals surface area (Å²) in [5.74, 6) is -1.51. The fraction of sp³-hybridized carbons (Fsp3) is 0.333. The van der Waals surface area contributed by atoms with Gasteiger partial charge in [-0.1, -0.05) is 18.2 Å². The summed E-state index contributed by atoms with van der Waals surface area (Å²) in [7, 11) is 0. The van der Waals surface area contributed by atoms with Crippen molar-refractivity contribution in [1.29, 1.82) is 0 Å². The van der Waals surface area contributed by atoms with Crippen LogP contribution in [0.5, 0.6) is 0 Å². The van der Waals surface area contributed by atoms with Crippen LogP contribution in [0.3, 0.4) is 0 Å². The molecule has 104 valence electrons. The molecule has 0 saturated carbocycles. The Hall–Kier alpha value is -1.60. The van der Waals surface area contributed by atoms with E-state index in [0.717, 1.165) is 11.8 Å². The van der Waals surface area contributed by atoms with Gasteiger partial charge in [0, 0.05) is 17.9 Å². The minimum Gasteiger partial charge on any atom is -0.480 e. The van der Waals surface area contributed by atoms with Gasteiger partial charge < -0.3 is 16.2 Å².